The van der Waals surface area contributed by atoms with Crippen molar-refractivity contribution in [2.45, 2.75) is 90.3 Å². The average molecular weight is 241 g/mol. The van der Waals surface area contributed by atoms with Crippen molar-refractivity contribution in [1.29, 1.82) is 0 Å². The van der Waals surface area contributed by atoms with Gasteiger partial charge in [-0.2, -0.15) is 0 Å². The van der Waals surface area contributed by atoms with Gasteiger partial charge in [0.2, 0.25) is 0 Å². The number of hydrogen-bond donors (Lipinski definition) is 1. The quantitative estimate of drug-likeness (QED) is 0.730. The minimum atomic E-state index is 0.153. The van der Waals surface area contributed by atoms with Gasteiger partial charge in [-0.1, -0.05) is 33.6 Å². The van der Waals surface area contributed by atoms with E-state index in [1.54, 1.807) is 0 Å². The molecule has 0 radical (unpaired) electrons. The first-order chi connectivity index (χ1) is 8.15. The molecule has 102 valence electrons. The standard InChI is InChI=1S/C15H31NO/c1-5-8-9-13(4)16-14-10-11-17-15(6-2,7-3)12-14/h13-14,16H,5-12H2,1-4H3. The largest absolute Gasteiger partial charge is 0.375 e. The van der Waals surface area contributed by atoms with Crippen molar-refractivity contribution < 1.29 is 4.74 Å². The summed E-state index contributed by atoms with van der Waals surface area (Å²) < 4.78 is 6.02. The van der Waals surface area contributed by atoms with Gasteiger partial charge in [0, 0.05) is 18.7 Å². The van der Waals surface area contributed by atoms with Crippen LogP contribution in [0.15, 0.2) is 0 Å². The Morgan fingerprint density at radius 3 is 2.59 bits per heavy atom. The molecule has 2 unspecified atom stereocenters. The third-order valence-corrected chi connectivity index (χ3v) is 4.29. The van der Waals surface area contributed by atoms with E-state index in [9.17, 15) is 0 Å². The molecule has 1 aliphatic heterocycles. The van der Waals surface area contributed by atoms with Crippen molar-refractivity contribution in [2.75, 3.05) is 6.61 Å². The highest BCUT2D eigenvalue weighted by Crippen LogP contribution is 2.31. The Morgan fingerprint density at radius 1 is 1.29 bits per heavy atom. The zero-order valence-corrected chi connectivity index (χ0v) is 12.2. The van der Waals surface area contributed by atoms with Crippen molar-refractivity contribution in [1.82, 2.24) is 5.32 Å². The maximum absolute atomic E-state index is 6.02. The van der Waals surface area contributed by atoms with E-state index in [1.807, 2.05) is 0 Å². The molecule has 0 spiro atoms. The van der Waals surface area contributed by atoms with Gasteiger partial charge in [0.15, 0.2) is 0 Å². The van der Waals surface area contributed by atoms with Gasteiger partial charge in [-0.15, -0.1) is 0 Å². The van der Waals surface area contributed by atoms with Crippen LogP contribution in [-0.2, 0) is 4.74 Å². The van der Waals surface area contributed by atoms with Crippen LogP contribution in [0.4, 0.5) is 0 Å². The highest BCUT2D eigenvalue weighted by Gasteiger charge is 2.34. The van der Waals surface area contributed by atoms with Crippen LogP contribution in [-0.4, -0.2) is 24.3 Å². The van der Waals surface area contributed by atoms with E-state index in [0.29, 0.717) is 12.1 Å². The summed E-state index contributed by atoms with van der Waals surface area (Å²) in [6.45, 7) is 10.0. The minimum Gasteiger partial charge on any atom is -0.375 e. The molecular formula is C15H31NO. The fourth-order valence-corrected chi connectivity index (χ4v) is 2.91. The van der Waals surface area contributed by atoms with Crippen LogP contribution < -0.4 is 5.32 Å². The normalized spacial score (nSPS) is 25.8. The summed E-state index contributed by atoms with van der Waals surface area (Å²) in [5.74, 6) is 0. The summed E-state index contributed by atoms with van der Waals surface area (Å²) in [7, 11) is 0. The Hall–Kier alpha value is -0.0800. The molecule has 0 amide bonds. The van der Waals surface area contributed by atoms with Crippen LogP contribution in [0.5, 0.6) is 0 Å². The summed E-state index contributed by atoms with van der Waals surface area (Å²) in [6, 6.07) is 1.32. The summed E-state index contributed by atoms with van der Waals surface area (Å²) in [4.78, 5) is 0. The van der Waals surface area contributed by atoms with Crippen molar-refractivity contribution in [3.05, 3.63) is 0 Å². The van der Waals surface area contributed by atoms with Gasteiger partial charge in [-0.25, -0.2) is 0 Å². The first-order valence-electron chi connectivity index (χ1n) is 7.55. The molecule has 1 fully saturated rings. The van der Waals surface area contributed by atoms with Gasteiger partial charge >= 0.3 is 0 Å². The second-order valence-corrected chi connectivity index (χ2v) is 5.64. The molecule has 0 aliphatic carbocycles. The fraction of sp³-hybridized carbons (Fsp3) is 1.00. The van der Waals surface area contributed by atoms with Gasteiger partial charge in [-0.05, 0) is 39.0 Å². The maximum Gasteiger partial charge on any atom is 0.0692 e. The molecular weight excluding hydrogens is 210 g/mol. The zero-order chi connectivity index (χ0) is 12.7. The topological polar surface area (TPSA) is 21.3 Å². The molecule has 2 atom stereocenters. The summed E-state index contributed by atoms with van der Waals surface area (Å²) in [5.41, 5.74) is 0.153. The van der Waals surface area contributed by atoms with Gasteiger partial charge in [0.25, 0.3) is 0 Å². The Bertz CT molecular complexity index is 201. The lowest BCUT2D eigenvalue weighted by atomic mass is 9.85. The van der Waals surface area contributed by atoms with Crippen LogP contribution in [0, 0.1) is 0 Å². The molecule has 1 heterocycles. The third-order valence-electron chi connectivity index (χ3n) is 4.29. The van der Waals surface area contributed by atoms with Crippen LogP contribution in [0.1, 0.15) is 72.6 Å². The molecule has 1 aliphatic rings. The number of unbranched alkanes of at least 4 members (excludes halogenated alkanes) is 1. The zero-order valence-electron chi connectivity index (χ0n) is 12.2. The second-order valence-electron chi connectivity index (χ2n) is 5.64. The molecule has 0 bridgehead atoms. The van der Waals surface area contributed by atoms with Crippen molar-refractivity contribution in [2.24, 2.45) is 0 Å². The van der Waals surface area contributed by atoms with E-state index in [1.165, 1.54) is 32.1 Å². The summed E-state index contributed by atoms with van der Waals surface area (Å²) >= 11 is 0. The van der Waals surface area contributed by atoms with E-state index in [2.05, 4.69) is 33.0 Å². The molecule has 0 aromatic carbocycles. The van der Waals surface area contributed by atoms with Gasteiger partial charge in [0.05, 0.1) is 5.60 Å². The SMILES string of the molecule is CCCCC(C)NC1CCOC(CC)(CC)C1. The van der Waals surface area contributed by atoms with Crippen LogP contribution in [0.2, 0.25) is 0 Å². The molecule has 0 aromatic heterocycles. The first kappa shape index (κ1) is 15.0. The Labute approximate surface area is 108 Å². The first-order valence-corrected chi connectivity index (χ1v) is 7.55. The van der Waals surface area contributed by atoms with E-state index in [-0.39, 0.29) is 5.60 Å². The predicted octanol–water partition coefficient (Wildman–Crippen LogP) is 3.89. The van der Waals surface area contributed by atoms with E-state index in [0.717, 1.165) is 19.4 Å². The second kappa shape index (κ2) is 7.38. The predicted molar refractivity (Wildman–Crippen MR) is 74.4 cm³/mol. The molecule has 1 saturated heterocycles. The molecule has 0 saturated carbocycles. The van der Waals surface area contributed by atoms with E-state index >= 15 is 0 Å². The highest BCUT2D eigenvalue weighted by molar-refractivity contribution is 4.88. The lowest BCUT2D eigenvalue weighted by Gasteiger charge is -2.41. The Kier molecular flexibility index (Phi) is 6.50. The fourth-order valence-electron chi connectivity index (χ4n) is 2.91. The lowest BCUT2D eigenvalue weighted by molar-refractivity contribution is -0.0939. The Morgan fingerprint density at radius 2 is 2.00 bits per heavy atom. The monoisotopic (exact) mass is 241 g/mol. The van der Waals surface area contributed by atoms with Crippen molar-refractivity contribution >= 4 is 0 Å². The van der Waals surface area contributed by atoms with Crippen LogP contribution in [0.3, 0.4) is 0 Å². The molecule has 1 rings (SSSR count). The lowest BCUT2D eigenvalue weighted by Crippen LogP contribution is -2.48. The van der Waals surface area contributed by atoms with E-state index in [4.69, 9.17) is 4.74 Å². The van der Waals surface area contributed by atoms with Crippen molar-refractivity contribution in [3.8, 4) is 0 Å². The number of nitrogens with one attached hydrogen (secondary N) is 1. The Balaban J connectivity index is 2.38. The number of rotatable bonds is 7. The molecule has 1 N–H and O–H groups in total. The minimum absolute atomic E-state index is 0.153. The number of ether oxygens (including phenoxy) is 1. The maximum atomic E-state index is 6.02. The average Bonchev–Trinajstić information content (AvgIpc) is 2.36. The van der Waals surface area contributed by atoms with E-state index < -0.39 is 0 Å². The van der Waals surface area contributed by atoms with Gasteiger partial charge in [-0.3, -0.25) is 0 Å². The summed E-state index contributed by atoms with van der Waals surface area (Å²) in [6.07, 6.45) is 8.60. The van der Waals surface area contributed by atoms with Crippen LogP contribution in [0.25, 0.3) is 0 Å². The van der Waals surface area contributed by atoms with Gasteiger partial charge < -0.3 is 10.1 Å². The number of hydrogen-bond acceptors (Lipinski definition) is 2. The third kappa shape index (κ3) is 4.59. The molecule has 17 heavy (non-hydrogen) atoms. The molecule has 2 heteroatoms. The van der Waals surface area contributed by atoms with Gasteiger partial charge in [0.1, 0.15) is 0 Å². The molecule has 2 nitrogen and oxygen atoms in total. The smallest absolute Gasteiger partial charge is 0.0692 e. The highest BCUT2D eigenvalue weighted by atomic mass is 16.5. The van der Waals surface area contributed by atoms with Crippen molar-refractivity contribution in [3.63, 3.8) is 0 Å². The van der Waals surface area contributed by atoms with Crippen LogP contribution >= 0.6 is 0 Å². The molecule has 0 aromatic rings. The summed E-state index contributed by atoms with van der Waals surface area (Å²) in [5, 5.41) is 3.80.